The summed E-state index contributed by atoms with van der Waals surface area (Å²) in [5.74, 6) is 0.0562. The highest BCUT2D eigenvalue weighted by atomic mass is 35.5. The predicted octanol–water partition coefficient (Wildman–Crippen LogP) is 1.61. The number of rotatable bonds is 5. The first-order valence-electron chi connectivity index (χ1n) is 6.82. The summed E-state index contributed by atoms with van der Waals surface area (Å²) >= 11 is 0. The van der Waals surface area contributed by atoms with Crippen molar-refractivity contribution in [3.05, 3.63) is 0 Å². The molecule has 1 aliphatic carbocycles. The van der Waals surface area contributed by atoms with Gasteiger partial charge in [-0.15, -0.1) is 12.4 Å². The van der Waals surface area contributed by atoms with E-state index >= 15 is 0 Å². The van der Waals surface area contributed by atoms with E-state index in [1.165, 1.54) is 19.3 Å². The fourth-order valence-electron chi connectivity index (χ4n) is 2.79. The van der Waals surface area contributed by atoms with Crippen molar-refractivity contribution in [2.24, 2.45) is 11.1 Å². The molecular weight excluding hydrogens is 252 g/mol. The van der Waals surface area contributed by atoms with Crippen LogP contribution in [0.1, 0.15) is 45.4 Å². The summed E-state index contributed by atoms with van der Waals surface area (Å²) in [6, 6.07) is 0. The molecule has 18 heavy (non-hydrogen) atoms. The molecule has 2 fully saturated rings. The zero-order chi connectivity index (χ0) is 12.3. The number of nitrogens with one attached hydrogen (secondary N) is 1. The number of hydrogen-bond donors (Lipinski definition) is 2. The molecular formula is C13H25ClN2O2. The van der Waals surface area contributed by atoms with Crippen LogP contribution in [0, 0.1) is 5.41 Å². The van der Waals surface area contributed by atoms with Gasteiger partial charge in [-0.1, -0.05) is 13.3 Å². The Kier molecular flexibility index (Phi) is 5.89. The summed E-state index contributed by atoms with van der Waals surface area (Å²) in [5, 5.41) is 3.06. The lowest BCUT2D eigenvalue weighted by atomic mass is 9.67. The lowest BCUT2D eigenvalue weighted by Crippen LogP contribution is -2.45. The second-order valence-electron chi connectivity index (χ2n) is 5.48. The third-order valence-corrected chi connectivity index (χ3v) is 4.46. The topological polar surface area (TPSA) is 64.4 Å². The molecule has 4 nitrogen and oxygen atoms in total. The molecule has 0 radical (unpaired) electrons. The Bertz CT molecular complexity index is 277. The van der Waals surface area contributed by atoms with Crippen molar-refractivity contribution in [3.63, 3.8) is 0 Å². The van der Waals surface area contributed by atoms with E-state index in [1.807, 2.05) is 0 Å². The largest absolute Gasteiger partial charge is 0.364 e. The molecule has 1 saturated carbocycles. The van der Waals surface area contributed by atoms with Crippen molar-refractivity contribution < 1.29 is 9.53 Å². The van der Waals surface area contributed by atoms with Crippen molar-refractivity contribution >= 4 is 18.3 Å². The maximum Gasteiger partial charge on any atom is 0.249 e. The Labute approximate surface area is 115 Å². The molecule has 0 aromatic carbocycles. The second kappa shape index (κ2) is 6.73. The Morgan fingerprint density at radius 1 is 1.44 bits per heavy atom. The molecule has 1 saturated heterocycles. The van der Waals surface area contributed by atoms with Crippen molar-refractivity contribution in [2.45, 2.75) is 57.7 Å². The summed E-state index contributed by atoms with van der Waals surface area (Å²) in [5.41, 5.74) is 5.91. The first-order chi connectivity index (χ1) is 8.19. The molecule has 0 spiro atoms. The van der Waals surface area contributed by atoms with E-state index < -0.39 is 0 Å². The van der Waals surface area contributed by atoms with Crippen LogP contribution < -0.4 is 11.1 Å². The van der Waals surface area contributed by atoms with Gasteiger partial charge >= 0.3 is 0 Å². The number of amides is 1. The first kappa shape index (κ1) is 15.7. The van der Waals surface area contributed by atoms with E-state index in [0.717, 1.165) is 25.8 Å². The van der Waals surface area contributed by atoms with E-state index in [9.17, 15) is 4.79 Å². The molecule has 5 heteroatoms. The van der Waals surface area contributed by atoms with E-state index in [1.54, 1.807) is 0 Å². The van der Waals surface area contributed by atoms with Gasteiger partial charge in [0.25, 0.3) is 0 Å². The van der Waals surface area contributed by atoms with E-state index in [0.29, 0.717) is 12.0 Å². The maximum atomic E-state index is 11.9. The zero-order valence-electron chi connectivity index (χ0n) is 11.1. The molecule has 3 N–H and O–H groups in total. The van der Waals surface area contributed by atoms with Gasteiger partial charge in [0.1, 0.15) is 6.10 Å². The van der Waals surface area contributed by atoms with Gasteiger partial charge < -0.3 is 15.8 Å². The lowest BCUT2D eigenvalue weighted by Gasteiger charge is -2.41. The fourth-order valence-corrected chi connectivity index (χ4v) is 2.79. The lowest BCUT2D eigenvalue weighted by molar-refractivity contribution is -0.132. The summed E-state index contributed by atoms with van der Waals surface area (Å²) in [6.07, 6.45) is 6.50. The van der Waals surface area contributed by atoms with E-state index in [4.69, 9.17) is 10.5 Å². The van der Waals surface area contributed by atoms with Crippen LogP contribution in [0.25, 0.3) is 0 Å². The number of nitrogens with two attached hydrogens (primary N) is 1. The normalized spacial score (nSPS) is 29.2. The van der Waals surface area contributed by atoms with Gasteiger partial charge in [0.2, 0.25) is 5.91 Å². The number of hydrogen-bond acceptors (Lipinski definition) is 3. The number of ether oxygens (including phenoxy) is 1. The first-order valence-corrected chi connectivity index (χ1v) is 6.82. The fraction of sp³-hybridized carbons (Fsp3) is 0.923. The van der Waals surface area contributed by atoms with Crippen LogP contribution in [0.5, 0.6) is 0 Å². The minimum Gasteiger partial charge on any atom is -0.364 e. The molecule has 2 rings (SSSR count). The van der Waals surface area contributed by atoms with Crippen molar-refractivity contribution in [2.75, 3.05) is 13.1 Å². The summed E-state index contributed by atoms with van der Waals surface area (Å²) < 4.78 is 5.59. The van der Waals surface area contributed by atoms with E-state index in [2.05, 4.69) is 12.2 Å². The van der Waals surface area contributed by atoms with Gasteiger partial charge in [-0.3, -0.25) is 4.79 Å². The third kappa shape index (κ3) is 3.37. The standard InChI is InChI=1S/C13H24N2O2.ClH/c1-2-13(6-3-7-13)9-15-12(16)11-5-4-10(8-14)17-11;/h10-11H,2-9,14H2,1H3,(H,15,16);1H/t10-,11+;/m1./s1. The monoisotopic (exact) mass is 276 g/mol. The average molecular weight is 277 g/mol. The predicted molar refractivity (Wildman–Crippen MR) is 73.8 cm³/mol. The van der Waals surface area contributed by atoms with Crippen LogP contribution in [0.2, 0.25) is 0 Å². The van der Waals surface area contributed by atoms with Gasteiger partial charge in [-0.05, 0) is 37.5 Å². The summed E-state index contributed by atoms with van der Waals surface area (Å²) in [7, 11) is 0. The van der Waals surface area contributed by atoms with Crippen molar-refractivity contribution in [3.8, 4) is 0 Å². The highest BCUT2D eigenvalue weighted by Crippen LogP contribution is 2.43. The Hall–Kier alpha value is -0.320. The van der Waals surface area contributed by atoms with Crippen molar-refractivity contribution in [1.82, 2.24) is 5.32 Å². The van der Waals surface area contributed by atoms with Gasteiger partial charge in [0.05, 0.1) is 6.10 Å². The molecule has 2 aliphatic rings. The minimum atomic E-state index is -0.266. The van der Waals surface area contributed by atoms with Gasteiger partial charge in [-0.25, -0.2) is 0 Å². The molecule has 0 aromatic heterocycles. The highest BCUT2D eigenvalue weighted by molar-refractivity contribution is 5.85. The summed E-state index contributed by atoms with van der Waals surface area (Å²) in [6.45, 7) is 3.54. The minimum absolute atomic E-state index is 0. The van der Waals surface area contributed by atoms with Crippen LogP contribution in [0.3, 0.4) is 0 Å². The summed E-state index contributed by atoms with van der Waals surface area (Å²) in [4.78, 5) is 11.9. The molecule has 1 aliphatic heterocycles. The van der Waals surface area contributed by atoms with Gasteiger partial charge in [0, 0.05) is 13.1 Å². The third-order valence-electron chi connectivity index (χ3n) is 4.46. The average Bonchev–Trinajstić information content (AvgIpc) is 2.76. The Morgan fingerprint density at radius 3 is 2.61 bits per heavy atom. The Morgan fingerprint density at radius 2 is 2.17 bits per heavy atom. The van der Waals surface area contributed by atoms with Crippen LogP contribution in [-0.4, -0.2) is 31.2 Å². The van der Waals surface area contributed by atoms with Gasteiger partial charge in [0.15, 0.2) is 0 Å². The van der Waals surface area contributed by atoms with Crippen LogP contribution >= 0.6 is 12.4 Å². The molecule has 106 valence electrons. The molecule has 2 atom stereocenters. The quantitative estimate of drug-likeness (QED) is 0.802. The maximum absolute atomic E-state index is 11.9. The zero-order valence-corrected chi connectivity index (χ0v) is 11.9. The molecule has 1 amide bonds. The molecule has 0 bridgehead atoms. The van der Waals surface area contributed by atoms with Gasteiger partial charge in [-0.2, -0.15) is 0 Å². The SMILES string of the molecule is CCC1(CNC(=O)[C@@H]2CC[C@H](CN)O2)CCC1.Cl. The van der Waals surface area contributed by atoms with E-state index in [-0.39, 0.29) is 30.5 Å². The number of carbonyl (C=O) groups excluding carboxylic acids is 1. The van der Waals surface area contributed by atoms with Crippen LogP contribution in [0.15, 0.2) is 0 Å². The molecule has 1 heterocycles. The van der Waals surface area contributed by atoms with Crippen molar-refractivity contribution in [1.29, 1.82) is 0 Å². The Balaban J connectivity index is 0.00000162. The number of carbonyl (C=O) groups is 1. The highest BCUT2D eigenvalue weighted by Gasteiger charge is 2.36. The molecule has 0 unspecified atom stereocenters. The van der Waals surface area contributed by atoms with Crippen LogP contribution in [-0.2, 0) is 9.53 Å². The van der Waals surface area contributed by atoms with Crippen LogP contribution in [0.4, 0.5) is 0 Å². The smallest absolute Gasteiger partial charge is 0.249 e. The number of halogens is 1. The molecule has 0 aromatic rings. The second-order valence-corrected chi connectivity index (χ2v) is 5.48.